The van der Waals surface area contributed by atoms with Crippen molar-refractivity contribution in [3.8, 4) is 5.75 Å². The third-order valence-corrected chi connectivity index (χ3v) is 6.53. The van der Waals surface area contributed by atoms with Gasteiger partial charge in [-0.1, -0.05) is 36.4 Å². The van der Waals surface area contributed by atoms with Crippen LogP contribution in [0.2, 0.25) is 0 Å². The summed E-state index contributed by atoms with van der Waals surface area (Å²) in [6, 6.07) is 20.8. The number of benzene rings is 3. The molecule has 0 saturated carbocycles. The molecule has 38 heavy (non-hydrogen) atoms. The van der Waals surface area contributed by atoms with Crippen LogP contribution in [0, 0.1) is 10.1 Å². The number of anilines is 2. The molecule has 0 bridgehead atoms. The molecule has 5 rings (SSSR count). The van der Waals surface area contributed by atoms with E-state index in [1.54, 1.807) is 42.3 Å². The second-order valence-corrected chi connectivity index (χ2v) is 8.91. The van der Waals surface area contributed by atoms with E-state index in [1.807, 2.05) is 24.3 Å². The SMILES string of the molecule is COc1ccccc1N1CCN(C(=O)c2oc3ccccc3c2NC(=O)Cc2cccc([N+](=O)[O-])c2)CC1. The minimum Gasteiger partial charge on any atom is -0.495 e. The molecule has 1 fully saturated rings. The number of carbonyl (C=O) groups is 2. The molecule has 2 heterocycles. The first kappa shape index (κ1) is 24.8. The number of para-hydroxylation sites is 3. The number of rotatable bonds is 7. The monoisotopic (exact) mass is 514 g/mol. The standard InChI is InChI=1S/C28H26N4O6/c1-37-24-12-5-3-10-22(24)30-13-15-31(16-14-30)28(34)27-26(21-9-2-4-11-23(21)38-27)29-25(33)18-19-7-6-8-20(17-19)32(35)36/h2-12,17H,13-16,18H2,1H3,(H,29,33). The Labute approximate surface area is 218 Å². The van der Waals surface area contributed by atoms with Crippen molar-refractivity contribution in [1.29, 1.82) is 0 Å². The summed E-state index contributed by atoms with van der Waals surface area (Å²) in [5.74, 6) is 0.112. The van der Waals surface area contributed by atoms with Crippen molar-refractivity contribution in [1.82, 2.24) is 4.90 Å². The largest absolute Gasteiger partial charge is 0.495 e. The lowest BCUT2D eigenvalue weighted by Crippen LogP contribution is -2.49. The quantitative estimate of drug-likeness (QED) is 0.285. The van der Waals surface area contributed by atoms with Gasteiger partial charge in [-0.3, -0.25) is 19.7 Å². The number of nitro benzene ring substituents is 1. The van der Waals surface area contributed by atoms with Crippen LogP contribution in [0.15, 0.2) is 77.2 Å². The van der Waals surface area contributed by atoms with Gasteiger partial charge in [0.2, 0.25) is 11.7 Å². The molecular formula is C28H26N4O6. The minimum absolute atomic E-state index is 0.0596. The van der Waals surface area contributed by atoms with Gasteiger partial charge in [0.25, 0.3) is 11.6 Å². The first-order chi connectivity index (χ1) is 18.4. The van der Waals surface area contributed by atoms with Gasteiger partial charge in [-0.2, -0.15) is 0 Å². The number of ether oxygens (including phenoxy) is 1. The highest BCUT2D eigenvalue weighted by Gasteiger charge is 2.29. The van der Waals surface area contributed by atoms with Gasteiger partial charge in [-0.25, -0.2) is 0 Å². The van der Waals surface area contributed by atoms with Crippen LogP contribution in [0.1, 0.15) is 16.1 Å². The average Bonchev–Trinajstić information content (AvgIpc) is 3.31. The second kappa shape index (κ2) is 10.6. The van der Waals surface area contributed by atoms with E-state index in [4.69, 9.17) is 9.15 Å². The highest BCUT2D eigenvalue weighted by Crippen LogP contribution is 2.33. The maximum Gasteiger partial charge on any atom is 0.291 e. The zero-order valence-corrected chi connectivity index (χ0v) is 20.8. The van der Waals surface area contributed by atoms with E-state index >= 15 is 0 Å². The molecule has 2 amide bonds. The number of non-ortho nitro benzene ring substituents is 1. The maximum atomic E-state index is 13.6. The molecule has 0 radical (unpaired) electrons. The summed E-state index contributed by atoms with van der Waals surface area (Å²) in [5.41, 5.74) is 2.15. The third-order valence-electron chi connectivity index (χ3n) is 6.53. The fourth-order valence-electron chi connectivity index (χ4n) is 4.65. The van der Waals surface area contributed by atoms with E-state index in [1.165, 1.54) is 18.2 Å². The van der Waals surface area contributed by atoms with Gasteiger partial charge in [0.15, 0.2) is 0 Å². The van der Waals surface area contributed by atoms with E-state index in [0.29, 0.717) is 48.4 Å². The number of carbonyl (C=O) groups excluding carboxylic acids is 2. The zero-order valence-electron chi connectivity index (χ0n) is 20.8. The molecule has 10 heteroatoms. The molecule has 1 aromatic heterocycles. The van der Waals surface area contributed by atoms with Crippen LogP contribution in [0.3, 0.4) is 0 Å². The molecule has 3 aromatic carbocycles. The maximum absolute atomic E-state index is 13.6. The van der Waals surface area contributed by atoms with E-state index in [9.17, 15) is 19.7 Å². The summed E-state index contributed by atoms with van der Waals surface area (Å²) in [7, 11) is 1.63. The van der Waals surface area contributed by atoms with E-state index in [-0.39, 0.29) is 23.8 Å². The third kappa shape index (κ3) is 5.01. The van der Waals surface area contributed by atoms with E-state index in [0.717, 1.165) is 11.4 Å². The Balaban J connectivity index is 1.34. The Hall–Kier alpha value is -4.86. The van der Waals surface area contributed by atoms with E-state index < -0.39 is 10.8 Å². The fourth-order valence-corrected chi connectivity index (χ4v) is 4.65. The molecule has 1 aliphatic heterocycles. The molecule has 1 aliphatic rings. The topological polar surface area (TPSA) is 118 Å². The molecule has 0 aliphatic carbocycles. The van der Waals surface area contributed by atoms with Crippen LogP contribution >= 0.6 is 0 Å². The number of fused-ring (bicyclic) bond motifs is 1. The van der Waals surface area contributed by atoms with Crippen molar-refractivity contribution in [2.24, 2.45) is 0 Å². The number of hydrogen-bond donors (Lipinski definition) is 1. The number of nitrogens with one attached hydrogen (secondary N) is 1. The lowest BCUT2D eigenvalue weighted by molar-refractivity contribution is -0.384. The summed E-state index contributed by atoms with van der Waals surface area (Å²) in [5, 5.41) is 14.5. The van der Waals surface area contributed by atoms with Crippen LogP contribution in [0.4, 0.5) is 17.1 Å². The van der Waals surface area contributed by atoms with Crippen molar-refractivity contribution in [2.45, 2.75) is 6.42 Å². The molecular weight excluding hydrogens is 488 g/mol. The Morgan fingerprint density at radius 1 is 1.00 bits per heavy atom. The van der Waals surface area contributed by atoms with Gasteiger partial charge in [0.1, 0.15) is 17.0 Å². The van der Waals surface area contributed by atoms with Crippen molar-refractivity contribution < 1.29 is 23.7 Å². The van der Waals surface area contributed by atoms with E-state index in [2.05, 4.69) is 10.2 Å². The summed E-state index contributed by atoms with van der Waals surface area (Å²) < 4.78 is 11.4. The van der Waals surface area contributed by atoms with Crippen LogP contribution in [0.25, 0.3) is 11.0 Å². The summed E-state index contributed by atoms with van der Waals surface area (Å²) >= 11 is 0. The van der Waals surface area contributed by atoms with Gasteiger partial charge in [0.05, 0.1) is 24.1 Å². The molecule has 1 N–H and O–H groups in total. The van der Waals surface area contributed by atoms with Crippen molar-refractivity contribution in [3.05, 3.63) is 94.2 Å². The van der Waals surface area contributed by atoms with Crippen LogP contribution < -0.4 is 15.0 Å². The van der Waals surface area contributed by atoms with Crippen molar-refractivity contribution in [3.63, 3.8) is 0 Å². The molecule has 194 valence electrons. The van der Waals surface area contributed by atoms with Gasteiger partial charge >= 0.3 is 0 Å². The number of piperazine rings is 1. The minimum atomic E-state index is -0.505. The predicted octanol–water partition coefficient (Wildman–Crippen LogP) is 4.49. The molecule has 0 unspecified atom stereocenters. The molecule has 0 spiro atoms. The smallest absolute Gasteiger partial charge is 0.291 e. The zero-order chi connectivity index (χ0) is 26.6. The number of hydrogen-bond acceptors (Lipinski definition) is 7. The van der Waals surface area contributed by atoms with Crippen LogP contribution in [-0.2, 0) is 11.2 Å². The molecule has 1 saturated heterocycles. The molecule has 4 aromatic rings. The first-order valence-electron chi connectivity index (χ1n) is 12.2. The van der Waals surface area contributed by atoms with Gasteiger partial charge in [0, 0.05) is 43.7 Å². The lowest BCUT2D eigenvalue weighted by Gasteiger charge is -2.36. The van der Waals surface area contributed by atoms with Gasteiger partial charge in [-0.05, 0) is 29.8 Å². The number of methoxy groups -OCH3 is 1. The Bertz CT molecular complexity index is 1510. The molecule has 10 nitrogen and oxygen atoms in total. The normalized spacial score (nSPS) is 13.4. The summed E-state index contributed by atoms with van der Waals surface area (Å²) in [6.07, 6.45) is -0.0909. The summed E-state index contributed by atoms with van der Waals surface area (Å²) in [4.78, 5) is 41.0. The predicted molar refractivity (Wildman–Crippen MR) is 143 cm³/mol. The van der Waals surface area contributed by atoms with Crippen molar-refractivity contribution in [2.75, 3.05) is 43.5 Å². The van der Waals surface area contributed by atoms with Gasteiger partial charge in [-0.15, -0.1) is 0 Å². The highest BCUT2D eigenvalue weighted by atomic mass is 16.6. The number of amides is 2. The number of nitro groups is 1. The van der Waals surface area contributed by atoms with Crippen LogP contribution in [-0.4, -0.2) is 54.9 Å². The van der Waals surface area contributed by atoms with Gasteiger partial charge < -0.3 is 24.3 Å². The Morgan fingerprint density at radius 3 is 2.50 bits per heavy atom. The first-order valence-corrected chi connectivity index (χ1v) is 12.2. The fraction of sp³-hybridized carbons (Fsp3) is 0.214. The Kier molecular flexibility index (Phi) is 6.94. The summed E-state index contributed by atoms with van der Waals surface area (Å²) in [6.45, 7) is 2.16. The number of furan rings is 1. The van der Waals surface area contributed by atoms with Crippen molar-refractivity contribution >= 4 is 39.8 Å². The highest BCUT2D eigenvalue weighted by molar-refractivity contribution is 6.11. The average molecular weight is 515 g/mol. The lowest BCUT2D eigenvalue weighted by atomic mass is 10.1. The second-order valence-electron chi connectivity index (χ2n) is 8.91. The number of nitrogens with zero attached hydrogens (tertiary/aromatic N) is 3. The van der Waals surface area contributed by atoms with Crippen LogP contribution in [0.5, 0.6) is 5.75 Å². The molecule has 0 atom stereocenters. The Morgan fingerprint density at radius 2 is 1.74 bits per heavy atom.